The fourth-order valence-corrected chi connectivity index (χ4v) is 1.45. The number of hydrogen-bond acceptors (Lipinski definition) is 3. The third-order valence-corrected chi connectivity index (χ3v) is 2.38. The number of halogens is 1. The van der Waals surface area contributed by atoms with E-state index in [0.717, 1.165) is 11.3 Å². The number of pyridine rings is 2. The molecule has 0 aliphatic rings. The van der Waals surface area contributed by atoms with Crippen molar-refractivity contribution in [2.24, 2.45) is 0 Å². The Hall–Kier alpha value is -1.61. The summed E-state index contributed by atoms with van der Waals surface area (Å²) in [5.74, 6) is 1.57. The molecule has 0 aliphatic carbocycles. The van der Waals surface area contributed by atoms with Gasteiger partial charge in [0.05, 0.1) is 12.1 Å². The molecule has 0 aliphatic heterocycles. The number of aryl methyl sites for hydroxylation is 1. The predicted molar refractivity (Wildman–Crippen MR) is 62.8 cm³/mol. The lowest BCUT2D eigenvalue weighted by Gasteiger charge is -2.07. The first kappa shape index (κ1) is 10.9. The molecule has 0 radical (unpaired) electrons. The van der Waals surface area contributed by atoms with E-state index in [2.05, 4.69) is 9.97 Å². The number of hydrogen-bond donors (Lipinski definition) is 0. The van der Waals surface area contributed by atoms with Crippen LogP contribution in [-0.4, -0.2) is 9.97 Å². The van der Waals surface area contributed by atoms with Gasteiger partial charge in [-0.2, -0.15) is 0 Å². The minimum Gasteiger partial charge on any atom is -0.437 e. The van der Waals surface area contributed by atoms with Gasteiger partial charge in [0.15, 0.2) is 0 Å². The average molecular weight is 235 g/mol. The topological polar surface area (TPSA) is 35.0 Å². The fraction of sp³-hybridized carbons (Fsp3) is 0.167. The van der Waals surface area contributed by atoms with E-state index in [9.17, 15) is 0 Å². The van der Waals surface area contributed by atoms with Crippen LogP contribution in [0.1, 0.15) is 11.3 Å². The number of aromatic nitrogens is 2. The molecule has 2 rings (SSSR count). The lowest BCUT2D eigenvalue weighted by atomic mass is 10.3. The highest BCUT2D eigenvalue weighted by Gasteiger charge is 2.04. The van der Waals surface area contributed by atoms with Crippen molar-refractivity contribution in [3.63, 3.8) is 0 Å². The Balaban J connectivity index is 2.23. The summed E-state index contributed by atoms with van der Waals surface area (Å²) in [7, 11) is 0. The van der Waals surface area contributed by atoms with E-state index in [4.69, 9.17) is 16.3 Å². The van der Waals surface area contributed by atoms with Gasteiger partial charge in [0, 0.05) is 17.5 Å². The first-order valence-corrected chi connectivity index (χ1v) is 5.43. The molecule has 0 amide bonds. The van der Waals surface area contributed by atoms with Gasteiger partial charge in [-0.1, -0.05) is 6.07 Å². The Labute approximate surface area is 99.1 Å². The largest absolute Gasteiger partial charge is 0.437 e. The number of rotatable bonds is 3. The Morgan fingerprint density at radius 2 is 2.12 bits per heavy atom. The molecule has 0 saturated carbocycles. The zero-order chi connectivity index (χ0) is 11.4. The zero-order valence-electron chi connectivity index (χ0n) is 8.85. The third-order valence-electron chi connectivity index (χ3n) is 2.09. The van der Waals surface area contributed by atoms with Crippen molar-refractivity contribution >= 4 is 11.6 Å². The van der Waals surface area contributed by atoms with Gasteiger partial charge in [0.2, 0.25) is 5.88 Å². The fourth-order valence-electron chi connectivity index (χ4n) is 1.24. The highest BCUT2D eigenvalue weighted by Crippen LogP contribution is 2.23. The molecule has 82 valence electrons. The molecule has 0 aromatic carbocycles. The summed E-state index contributed by atoms with van der Waals surface area (Å²) in [4.78, 5) is 8.28. The highest BCUT2D eigenvalue weighted by atomic mass is 35.5. The third kappa shape index (κ3) is 2.49. The average Bonchev–Trinajstić information content (AvgIpc) is 2.33. The van der Waals surface area contributed by atoms with Crippen LogP contribution >= 0.6 is 11.6 Å². The summed E-state index contributed by atoms with van der Waals surface area (Å²) in [6.45, 7) is 1.93. The molecule has 0 bridgehead atoms. The van der Waals surface area contributed by atoms with Gasteiger partial charge in [-0.3, -0.25) is 4.98 Å². The van der Waals surface area contributed by atoms with Crippen LogP contribution in [0.5, 0.6) is 11.6 Å². The van der Waals surface area contributed by atoms with Crippen molar-refractivity contribution in [1.29, 1.82) is 0 Å². The standard InChI is InChI=1S/C12H11ClN2O/c1-9-4-5-11(8-15-9)16-12-10(7-13)3-2-6-14-12/h2-6,8H,7H2,1H3. The van der Waals surface area contributed by atoms with E-state index in [1.807, 2.05) is 31.2 Å². The van der Waals surface area contributed by atoms with Gasteiger partial charge in [0.1, 0.15) is 5.75 Å². The van der Waals surface area contributed by atoms with Crippen LogP contribution in [0.4, 0.5) is 0 Å². The van der Waals surface area contributed by atoms with E-state index in [1.165, 1.54) is 0 Å². The molecular formula is C12H11ClN2O. The molecule has 2 aromatic heterocycles. The Morgan fingerprint density at radius 3 is 2.81 bits per heavy atom. The van der Waals surface area contributed by atoms with Crippen LogP contribution in [0.25, 0.3) is 0 Å². The minimum absolute atomic E-state index is 0.377. The molecule has 2 aromatic rings. The lowest BCUT2D eigenvalue weighted by Crippen LogP contribution is -1.93. The van der Waals surface area contributed by atoms with E-state index < -0.39 is 0 Å². The predicted octanol–water partition coefficient (Wildman–Crippen LogP) is 3.32. The number of alkyl halides is 1. The monoisotopic (exact) mass is 234 g/mol. The summed E-state index contributed by atoms with van der Waals surface area (Å²) in [5.41, 5.74) is 1.82. The SMILES string of the molecule is Cc1ccc(Oc2ncccc2CCl)cn1. The molecule has 4 heteroatoms. The molecule has 2 heterocycles. The quantitative estimate of drug-likeness (QED) is 0.765. The maximum atomic E-state index is 5.79. The lowest BCUT2D eigenvalue weighted by molar-refractivity contribution is 0.456. The first-order chi connectivity index (χ1) is 7.79. The second kappa shape index (κ2) is 4.94. The van der Waals surface area contributed by atoms with Crippen LogP contribution in [0.15, 0.2) is 36.7 Å². The molecule has 0 atom stereocenters. The van der Waals surface area contributed by atoms with Crippen LogP contribution in [0.2, 0.25) is 0 Å². The van der Waals surface area contributed by atoms with Crippen LogP contribution in [0.3, 0.4) is 0 Å². The van der Waals surface area contributed by atoms with Crippen LogP contribution in [-0.2, 0) is 5.88 Å². The van der Waals surface area contributed by atoms with Gasteiger partial charge in [-0.25, -0.2) is 4.98 Å². The normalized spacial score (nSPS) is 10.1. The van der Waals surface area contributed by atoms with Gasteiger partial charge in [0.25, 0.3) is 0 Å². The van der Waals surface area contributed by atoms with Crippen molar-refractivity contribution in [3.8, 4) is 11.6 Å². The Bertz CT molecular complexity index is 471. The van der Waals surface area contributed by atoms with E-state index in [1.54, 1.807) is 12.4 Å². The zero-order valence-corrected chi connectivity index (χ0v) is 9.61. The maximum Gasteiger partial charge on any atom is 0.223 e. The van der Waals surface area contributed by atoms with Crippen molar-refractivity contribution in [2.75, 3.05) is 0 Å². The van der Waals surface area contributed by atoms with Crippen molar-refractivity contribution in [1.82, 2.24) is 9.97 Å². The Kier molecular flexibility index (Phi) is 3.37. The van der Waals surface area contributed by atoms with E-state index in [-0.39, 0.29) is 0 Å². The summed E-state index contributed by atoms with van der Waals surface area (Å²) in [5, 5.41) is 0. The van der Waals surface area contributed by atoms with Crippen molar-refractivity contribution in [2.45, 2.75) is 12.8 Å². The summed E-state index contributed by atoms with van der Waals surface area (Å²) in [6.07, 6.45) is 3.34. The maximum absolute atomic E-state index is 5.79. The number of nitrogens with zero attached hydrogens (tertiary/aromatic N) is 2. The second-order valence-electron chi connectivity index (χ2n) is 3.34. The minimum atomic E-state index is 0.377. The van der Waals surface area contributed by atoms with Gasteiger partial charge in [-0.05, 0) is 25.1 Å². The molecular weight excluding hydrogens is 224 g/mol. The van der Waals surface area contributed by atoms with Crippen molar-refractivity contribution < 1.29 is 4.74 Å². The second-order valence-corrected chi connectivity index (χ2v) is 3.61. The van der Waals surface area contributed by atoms with Gasteiger partial charge < -0.3 is 4.74 Å². The molecule has 0 fully saturated rings. The molecule has 3 nitrogen and oxygen atoms in total. The Morgan fingerprint density at radius 1 is 1.25 bits per heavy atom. The molecule has 0 unspecified atom stereocenters. The van der Waals surface area contributed by atoms with Gasteiger partial charge in [-0.15, -0.1) is 11.6 Å². The van der Waals surface area contributed by atoms with E-state index >= 15 is 0 Å². The first-order valence-electron chi connectivity index (χ1n) is 4.90. The summed E-state index contributed by atoms with van der Waals surface area (Å²) < 4.78 is 5.60. The number of ether oxygens (including phenoxy) is 1. The summed E-state index contributed by atoms with van der Waals surface area (Å²) >= 11 is 5.79. The van der Waals surface area contributed by atoms with Crippen LogP contribution < -0.4 is 4.74 Å². The summed E-state index contributed by atoms with van der Waals surface area (Å²) in [6, 6.07) is 7.46. The molecule has 0 N–H and O–H groups in total. The molecule has 0 spiro atoms. The smallest absolute Gasteiger partial charge is 0.223 e. The molecule has 0 saturated heterocycles. The molecule has 16 heavy (non-hydrogen) atoms. The van der Waals surface area contributed by atoms with Crippen molar-refractivity contribution in [3.05, 3.63) is 47.9 Å². The van der Waals surface area contributed by atoms with Gasteiger partial charge >= 0.3 is 0 Å². The van der Waals surface area contributed by atoms with Crippen LogP contribution in [0, 0.1) is 6.92 Å². The van der Waals surface area contributed by atoms with E-state index in [0.29, 0.717) is 17.5 Å². The highest BCUT2D eigenvalue weighted by molar-refractivity contribution is 6.17.